The molecule has 0 fully saturated rings. The predicted octanol–water partition coefficient (Wildman–Crippen LogP) is 0.522. The molecule has 0 N–H and O–H groups in total. The normalized spacial score (nSPS) is 12.8. The van der Waals surface area contributed by atoms with Crippen molar-refractivity contribution in [2.75, 3.05) is 0 Å². The predicted molar refractivity (Wildman–Crippen MR) is 46.3 cm³/mol. The highest BCUT2D eigenvalue weighted by atomic mass is 32.2. The van der Waals surface area contributed by atoms with Gasteiger partial charge in [-0.1, -0.05) is 11.8 Å². The fraction of sp³-hybridized carbons (Fsp3) is 0.500. The molecule has 0 aromatic carbocycles. The Morgan fingerprint density at radius 2 is 2.23 bits per heavy atom. The maximum Gasteiger partial charge on any atom is 0.256 e. The average molecular weight is 200 g/mol. The molecule has 13 heavy (non-hydrogen) atoms. The van der Waals surface area contributed by atoms with Gasteiger partial charge in [-0.15, -0.1) is 0 Å². The van der Waals surface area contributed by atoms with Gasteiger partial charge >= 0.3 is 0 Å². The highest BCUT2D eigenvalue weighted by Gasteiger charge is 2.11. The summed E-state index contributed by atoms with van der Waals surface area (Å²) in [7, 11) is 0. The summed E-state index contributed by atoms with van der Waals surface area (Å²) in [4.78, 5) is 14.4. The Kier molecular flexibility index (Phi) is 2.98. The average Bonchev–Trinajstić information content (AvgIpc) is 2.31. The maximum atomic E-state index is 10.4. The second-order valence-electron chi connectivity index (χ2n) is 2.70. The van der Waals surface area contributed by atoms with Crippen molar-refractivity contribution in [2.45, 2.75) is 31.2 Å². The molecule has 0 unspecified atom stereocenters. The summed E-state index contributed by atoms with van der Waals surface area (Å²) in [6.07, 6.45) is 0. The van der Waals surface area contributed by atoms with E-state index in [1.54, 1.807) is 6.92 Å². The van der Waals surface area contributed by atoms with Gasteiger partial charge in [-0.05, 0) is 20.8 Å². The van der Waals surface area contributed by atoms with Gasteiger partial charge in [-0.2, -0.15) is 0 Å². The maximum absolute atomic E-state index is 10.4. The number of hydrogen-bond acceptors (Lipinski definition) is 5. The van der Waals surface area contributed by atoms with E-state index in [4.69, 9.17) is 4.42 Å². The number of hydrogen-bond donors (Lipinski definition) is 0. The molecule has 1 atom stereocenters. The van der Waals surface area contributed by atoms with Crippen molar-refractivity contribution >= 4 is 17.7 Å². The van der Waals surface area contributed by atoms with Crippen molar-refractivity contribution in [3.8, 4) is 0 Å². The third kappa shape index (κ3) is 2.48. The van der Waals surface area contributed by atoms with Crippen molar-refractivity contribution in [2.24, 2.45) is 0 Å². The molecule has 0 amide bonds. The zero-order chi connectivity index (χ0) is 10.0. The molecule has 0 aliphatic rings. The fourth-order valence-electron chi connectivity index (χ4n) is 0.693. The molecule has 1 aromatic heterocycles. The summed E-state index contributed by atoms with van der Waals surface area (Å²) >= 11 is 1.05. The number of thioether (sulfide) groups is 1. The van der Waals surface area contributed by atoms with Crippen LogP contribution in [0.3, 0.4) is 0 Å². The van der Waals surface area contributed by atoms with Gasteiger partial charge < -0.3 is 14.3 Å². The monoisotopic (exact) mass is 200 g/mol. The number of carboxylic acids is 1. The Morgan fingerprint density at radius 3 is 2.62 bits per heavy atom. The highest BCUT2D eigenvalue weighted by Crippen LogP contribution is 2.23. The molecule has 1 rings (SSSR count). The minimum absolute atomic E-state index is 0.381. The third-order valence-electron chi connectivity index (χ3n) is 1.62. The van der Waals surface area contributed by atoms with Crippen LogP contribution in [0.25, 0.3) is 0 Å². The number of aryl methyl sites for hydroxylation is 2. The third-order valence-corrected chi connectivity index (χ3v) is 2.54. The number of rotatable bonds is 3. The molecule has 0 spiro atoms. The van der Waals surface area contributed by atoms with E-state index in [-0.39, 0.29) is 0 Å². The van der Waals surface area contributed by atoms with Crippen molar-refractivity contribution in [1.29, 1.82) is 0 Å². The van der Waals surface area contributed by atoms with E-state index in [9.17, 15) is 9.90 Å². The van der Waals surface area contributed by atoms with E-state index < -0.39 is 11.2 Å². The summed E-state index contributed by atoms with van der Waals surface area (Å²) in [6, 6.07) is 0. The lowest BCUT2D eigenvalue weighted by Crippen LogP contribution is -2.31. The summed E-state index contributed by atoms with van der Waals surface area (Å²) in [5.74, 6) is -0.397. The standard InChI is InChI=1S/C8H11NO3S/c1-4-5(2)12-8(9-4)13-6(3)7(10)11/h6H,1-3H3,(H,10,11)/p-1/t6-/m0/s1. The SMILES string of the molecule is Cc1nc(S[C@@H](C)C(=O)[O-])oc1C. The van der Waals surface area contributed by atoms with Crippen LogP contribution in [-0.2, 0) is 4.79 Å². The van der Waals surface area contributed by atoms with Gasteiger partial charge in [0.05, 0.1) is 16.9 Å². The Balaban J connectivity index is 2.69. The highest BCUT2D eigenvalue weighted by molar-refractivity contribution is 8.00. The largest absolute Gasteiger partial charge is 0.549 e. The Bertz CT molecular complexity index is 302. The molecule has 72 valence electrons. The number of oxazole rings is 1. The van der Waals surface area contributed by atoms with Crippen LogP contribution in [0.15, 0.2) is 9.64 Å². The molecular formula is C8H10NO3S-. The number of aromatic nitrogens is 1. The lowest BCUT2D eigenvalue weighted by molar-refractivity contribution is -0.304. The topological polar surface area (TPSA) is 66.2 Å². The molecule has 0 aliphatic carbocycles. The van der Waals surface area contributed by atoms with E-state index in [0.29, 0.717) is 11.0 Å². The molecule has 4 nitrogen and oxygen atoms in total. The lowest BCUT2D eigenvalue weighted by Gasteiger charge is -2.07. The summed E-state index contributed by atoms with van der Waals surface area (Å²) in [5, 5.41) is 10.1. The second kappa shape index (κ2) is 3.83. The van der Waals surface area contributed by atoms with E-state index >= 15 is 0 Å². The zero-order valence-corrected chi connectivity index (χ0v) is 8.47. The number of nitrogens with zero attached hydrogens (tertiary/aromatic N) is 1. The molecule has 0 saturated carbocycles. The quantitative estimate of drug-likeness (QED) is 0.665. The van der Waals surface area contributed by atoms with Crippen molar-refractivity contribution in [3.63, 3.8) is 0 Å². The Morgan fingerprint density at radius 1 is 1.62 bits per heavy atom. The van der Waals surface area contributed by atoms with Crippen LogP contribution < -0.4 is 5.11 Å². The van der Waals surface area contributed by atoms with E-state index in [2.05, 4.69) is 4.98 Å². The van der Waals surface area contributed by atoms with Crippen LogP contribution in [0.2, 0.25) is 0 Å². The van der Waals surface area contributed by atoms with Gasteiger partial charge in [0.1, 0.15) is 5.76 Å². The summed E-state index contributed by atoms with van der Waals surface area (Å²) < 4.78 is 5.20. The molecule has 1 heterocycles. The number of carbonyl (C=O) groups is 1. The van der Waals surface area contributed by atoms with E-state index in [1.165, 1.54) is 6.92 Å². The molecular weight excluding hydrogens is 190 g/mol. The molecule has 0 saturated heterocycles. The van der Waals surface area contributed by atoms with Crippen molar-refractivity contribution in [3.05, 3.63) is 11.5 Å². The van der Waals surface area contributed by atoms with Gasteiger partial charge in [-0.3, -0.25) is 0 Å². The lowest BCUT2D eigenvalue weighted by atomic mass is 10.4. The molecule has 5 heteroatoms. The first kappa shape index (κ1) is 10.1. The molecule has 0 radical (unpaired) electrons. The molecule has 0 aliphatic heterocycles. The van der Waals surface area contributed by atoms with Crippen LogP contribution in [-0.4, -0.2) is 16.2 Å². The Labute approximate surface area is 80.3 Å². The van der Waals surface area contributed by atoms with Crippen LogP contribution >= 0.6 is 11.8 Å². The van der Waals surface area contributed by atoms with Gasteiger partial charge in [0.2, 0.25) is 0 Å². The van der Waals surface area contributed by atoms with Crippen molar-refractivity contribution < 1.29 is 14.3 Å². The second-order valence-corrected chi connectivity index (χ2v) is 3.99. The van der Waals surface area contributed by atoms with Gasteiger partial charge in [-0.25, -0.2) is 4.98 Å². The van der Waals surface area contributed by atoms with E-state index in [0.717, 1.165) is 17.5 Å². The minimum Gasteiger partial charge on any atom is -0.549 e. The smallest absolute Gasteiger partial charge is 0.256 e. The van der Waals surface area contributed by atoms with E-state index in [1.807, 2.05) is 6.92 Å². The Hall–Kier alpha value is -0.970. The summed E-state index contributed by atoms with van der Waals surface area (Å²) in [5.41, 5.74) is 0.785. The van der Waals surface area contributed by atoms with Crippen LogP contribution in [0.5, 0.6) is 0 Å². The van der Waals surface area contributed by atoms with Crippen LogP contribution in [0.4, 0.5) is 0 Å². The van der Waals surface area contributed by atoms with Crippen molar-refractivity contribution in [1.82, 2.24) is 4.98 Å². The first-order chi connectivity index (χ1) is 6.00. The molecule has 1 aromatic rings. The van der Waals surface area contributed by atoms with Gasteiger partial charge in [0.25, 0.3) is 5.22 Å². The first-order valence-electron chi connectivity index (χ1n) is 3.82. The first-order valence-corrected chi connectivity index (χ1v) is 4.70. The summed E-state index contributed by atoms with van der Waals surface area (Å²) in [6.45, 7) is 5.14. The molecule has 0 bridgehead atoms. The van der Waals surface area contributed by atoms with Crippen LogP contribution in [0.1, 0.15) is 18.4 Å². The van der Waals surface area contributed by atoms with Gasteiger partial charge in [0.15, 0.2) is 0 Å². The minimum atomic E-state index is -1.11. The number of carboxylic acid groups (broad SMARTS) is 1. The number of carbonyl (C=O) groups excluding carboxylic acids is 1. The number of aliphatic carboxylic acids is 1. The van der Waals surface area contributed by atoms with Gasteiger partial charge in [0, 0.05) is 0 Å². The zero-order valence-electron chi connectivity index (χ0n) is 7.66. The fourth-order valence-corrected chi connectivity index (χ4v) is 1.45. The van der Waals surface area contributed by atoms with Crippen LogP contribution in [0, 0.1) is 13.8 Å².